The van der Waals surface area contributed by atoms with E-state index in [1.54, 1.807) is 24.5 Å². The lowest BCUT2D eigenvalue weighted by Crippen LogP contribution is -2.27. The maximum absolute atomic E-state index is 13.2. The smallest absolute Gasteiger partial charge is 0.222 e. The predicted molar refractivity (Wildman–Crippen MR) is 77.4 cm³/mol. The summed E-state index contributed by atoms with van der Waals surface area (Å²) in [6.45, 7) is 1.55. The summed E-state index contributed by atoms with van der Waals surface area (Å²) in [6, 6.07) is 8.35. The molecule has 1 N–H and O–H groups in total. The van der Waals surface area contributed by atoms with Gasteiger partial charge in [0.25, 0.3) is 0 Å². The lowest BCUT2D eigenvalue weighted by atomic mass is 10.1. The van der Waals surface area contributed by atoms with Crippen molar-refractivity contribution in [1.29, 1.82) is 5.26 Å². The van der Waals surface area contributed by atoms with Crippen LogP contribution in [0.4, 0.5) is 16.0 Å². The fourth-order valence-electron chi connectivity index (χ4n) is 2.53. The van der Waals surface area contributed by atoms with Gasteiger partial charge in [0.05, 0.1) is 11.3 Å². The Morgan fingerprint density at radius 1 is 1.33 bits per heavy atom. The second-order valence-corrected chi connectivity index (χ2v) is 4.92. The highest BCUT2D eigenvalue weighted by molar-refractivity contribution is 5.60. The van der Waals surface area contributed by atoms with E-state index in [-0.39, 0.29) is 11.9 Å². The first kappa shape index (κ1) is 13.3. The predicted octanol–water partition coefficient (Wildman–Crippen LogP) is 2.18. The number of rotatable bonds is 3. The maximum atomic E-state index is 13.2. The molecule has 0 spiro atoms. The molecular formula is C15H14FN5. The Morgan fingerprint density at radius 3 is 2.90 bits per heavy atom. The Balaban J connectivity index is 1.71. The van der Waals surface area contributed by atoms with Crippen molar-refractivity contribution in [1.82, 2.24) is 9.97 Å². The molecule has 0 saturated carbocycles. The molecule has 1 aliphatic rings. The zero-order valence-electron chi connectivity index (χ0n) is 11.3. The molecular weight excluding hydrogens is 269 g/mol. The molecule has 1 saturated heterocycles. The van der Waals surface area contributed by atoms with E-state index < -0.39 is 0 Å². The van der Waals surface area contributed by atoms with Gasteiger partial charge < -0.3 is 10.2 Å². The maximum Gasteiger partial charge on any atom is 0.222 e. The SMILES string of the molecule is N#Cc1cc(F)ccc1N1CCC(Nc2ncccn2)C1. The van der Waals surface area contributed by atoms with Crippen molar-refractivity contribution in [2.24, 2.45) is 0 Å². The summed E-state index contributed by atoms with van der Waals surface area (Å²) in [5.74, 6) is 0.214. The Bertz CT molecular complexity index is 668. The summed E-state index contributed by atoms with van der Waals surface area (Å²) in [4.78, 5) is 10.4. The van der Waals surface area contributed by atoms with E-state index >= 15 is 0 Å². The van der Waals surface area contributed by atoms with E-state index in [1.165, 1.54) is 12.1 Å². The molecule has 5 nitrogen and oxygen atoms in total. The Morgan fingerprint density at radius 2 is 2.14 bits per heavy atom. The fraction of sp³-hybridized carbons (Fsp3) is 0.267. The second kappa shape index (κ2) is 5.75. The van der Waals surface area contributed by atoms with Crippen LogP contribution >= 0.6 is 0 Å². The summed E-state index contributed by atoms with van der Waals surface area (Å²) >= 11 is 0. The first-order valence-corrected chi connectivity index (χ1v) is 6.74. The molecule has 0 aliphatic carbocycles. The summed E-state index contributed by atoms with van der Waals surface area (Å²) in [6.07, 6.45) is 4.30. The normalized spacial score (nSPS) is 17.5. The van der Waals surface area contributed by atoms with E-state index in [4.69, 9.17) is 5.26 Å². The van der Waals surface area contributed by atoms with Gasteiger partial charge in [0.15, 0.2) is 0 Å². The lowest BCUT2D eigenvalue weighted by Gasteiger charge is -2.20. The molecule has 2 aromatic rings. The van der Waals surface area contributed by atoms with E-state index in [9.17, 15) is 4.39 Å². The topological polar surface area (TPSA) is 64.8 Å². The van der Waals surface area contributed by atoms with Crippen LogP contribution in [-0.2, 0) is 0 Å². The summed E-state index contributed by atoms with van der Waals surface area (Å²) in [5, 5.41) is 12.4. The number of halogens is 1. The van der Waals surface area contributed by atoms with Gasteiger partial charge in [-0.05, 0) is 30.7 Å². The van der Waals surface area contributed by atoms with Gasteiger partial charge in [-0.2, -0.15) is 5.26 Å². The van der Waals surface area contributed by atoms with Gasteiger partial charge in [0.1, 0.15) is 11.9 Å². The van der Waals surface area contributed by atoms with Crippen molar-refractivity contribution in [2.45, 2.75) is 12.5 Å². The molecule has 2 heterocycles. The van der Waals surface area contributed by atoms with Gasteiger partial charge in [0.2, 0.25) is 5.95 Å². The first-order valence-electron chi connectivity index (χ1n) is 6.74. The van der Waals surface area contributed by atoms with Crippen molar-refractivity contribution in [2.75, 3.05) is 23.3 Å². The first-order chi connectivity index (χ1) is 10.3. The minimum atomic E-state index is -0.387. The van der Waals surface area contributed by atoms with Crippen LogP contribution in [0.5, 0.6) is 0 Å². The molecule has 21 heavy (non-hydrogen) atoms. The van der Waals surface area contributed by atoms with Crippen LogP contribution in [0, 0.1) is 17.1 Å². The molecule has 1 fully saturated rings. The van der Waals surface area contributed by atoms with Crippen LogP contribution in [0.1, 0.15) is 12.0 Å². The number of aromatic nitrogens is 2. The molecule has 1 aliphatic heterocycles. The molecule has 1 unspecified atom stereocenters. The molecule has 1 atom stereocenters. The van der Waals surface area contributed by atoms with Crippen LogP contribution < -0.4 is 10.2 Å². The van der Waals surface area contributed by atoms with E-state index in [1.807, 2.05) is 0 Å². The number of nitrogens with one attached hydrogen (secondary N) is 1. The fourth-order valence-corrected chi connectivity index (χ4v) is 2.53. The van der Waals surface area contributed by atoms with Crippen molar-refractivity contribution < 1.29 is 4.39 Å². The van der Waals surface area contributed by atoms with E-state index in [0.29, 0.717) is 11.5 Å². The summed E-state index contributed by atoms with van der Waals surface area (Å²) < 4.78 is 13.2. The third-order valence-corrected chi connectivity index (χ3v) is 3.51. The van der Waals surface area contributed by atoms with Crippen molar-refractivity contribution in [3.8, 4) is 6.07 Å². The van der Waals surface area contributed by atoms with Crippen molar-refractivity contribution in [3.05, 3.63) is 48.0 Å². The monoisotopic (exact) mass is 283 g/mol. The van der Waals surface area contributed by atoms with Gasteiger partial charge >= 0.3 is 0 Å². The number of nitriles is 1. The minimum absolute atomic E-state index is 0.212. The molecule has 0 bridgehead atoms. The Kier molecular flexibility index (Phi) is 3.65. The van der Waals surface area contributed by atoms with Crippen LogP contribution in [0.3, 0.4) is 0 Å². The summed E-state index contributed by atoms with van der Waals surface area (Å²) in [5.41, 5.74) is 1.14. The number of hydrogen-bond acceptors (Lipinski definition) is 5. The minimum Gasteiger partial charge on any atom is -0.368 e. The van der Waals surface area contributed by atoms with Crippen LogP contribution in [0.25, 0.3) is 0 Å². The molecule has 1 aromatic heterocycles. The largest absolute Gasteiger partial charge is 0.368 e. The van der Waals surface area contributed by atoms with E-state index in [2.05, 4.69) is 26.3 Å². The van der Waals surface area contributed by atoms with E-state index in [0.717, 1.165) is 25.2 Å². The number of hydrogen-bond donors (Lipinski definition) is 1. The van der Waals surface area contributed by atoms with Gasteiger partial charge in [-0.15, -0.1) is 0 Å². The molecule has 106 valence electrons. The number of nitrogens with zero attached hydrogens (tertiary/aromatic N) is 4. The molecule has 6 heteroatoms. The molecule has 1 aromatic carbocycles. The van der Waals surface area contributed by atoms with Gasteiger partial charge in [-0.25, -0.2) is 14.4 Å². The molecule has 0 amide bonds. The van der Waals surface area contributed by atoms with Crippen LogP contribution in [-0.4, -0.2) is 29.1 Å². The van der Waals surface area contributed by atoms with Gasteiger partial charge in [-0.1, -0.05) is 0 Å². The average Bonchev–Trinajstić information content (AvgIpc) is 2.96. The Labute approximate surface area is 122 Å². The highest BCUT2D eigenvalue weighted by Crippen LogP contribution is 2.25. The highest BCUT2D eigenvalue weighted by atomic mass is 19.1. The average molecular weight is 283 g/mol. The van der Waals surface area contributed by atoms with Crippen molar-refractivity contribution >= 4 is 11.6 Å². The number of benzene rings is 1. The second-order valence-electron chi connectivity index (χ2n) is 4.92. The molecule has 3 rings (SSSR count). The number of anilines is 2. The van der Waals surface area contributed by atoms with Gasteiger partial charge in [0, 0.05) is 31.5 Å². The zero-order valence-corrected chi connectivity index (χ0v) is 11.3. The molecule has 0 radical (unpaired) electrons. The third kappa shape index (κ3) is 2.92. The van der Waals surface area contributed by atoms with Crippen LogP contribution in [0.15, 0.2) is 36.7 Å². The van der Waals surface area contributed by atoms with Crippen LogP contribution in [0.2, 0.25) is 0 Å². The lowest BCUT2D eigenvalue weighted by molar-refractivity contribution is 0.627. The standard InChI is InChI=1S/C15H14FN5/c16-12-2-3-14(11(8-12)9-17)21-7-4-13(10-21)20-15-18-5-1-6-19-15/h1-3,5-6,8,13H,4,7,10H2,(H,18,19,20). The Hall–Kier alpha value is -2.68. The van der Waals surface area contributed by atoms with Gasteiger partial charge in [-0.3, -0.25) is 0 Å². The summed E-state index contributed by atoms with van der Waals surface area (Å²) in [7, 11) is 0. The third-order valence-electron chi connectivity index (χ3n) is 3.51. The van der Waals surface area contributed by atoms with Crippen molar-refractivity contribution in [3.63, 3.8) is 0 Å². The quantitative estimate of drug-likeness (QED) is 0.935. The zero-order chi connectivity index (χ0) is 14.7. The highest BCUT2D eigenvalue weighted by Gasteiger charge is 2.24.